The van der Waals surface area contributed by atoms with Crippen molar-refractivity contribution in [3.8, 4) is 0 Å². The van der Waals surface area contributed by atoms with Crippen LogP contribution in [0.3, 0.4) is 0 Å². The van der Waals surface area contributed by atoms with Crippen LogP contribution in [0, 0.1) is 6.92 Å². The number of allylic oxidation sites excluding steroid dienone is 2. The van der Waals surface area contributed by atoms with Crippen molar-refractivity contribution in [1.82, 2.24) is 0 Å². The third-order valence-electron chi connectivity index (χ3n) is 2.74. The predicted octanol–water partition coefficient (Wildman–Crippen LogP) is 2.75. The molecule has 0 fully saturated rings. The van der Waals surface area contributed by atoms with Crippen LogP contribution in [0.25, 0.3) is 0 Å². The van der Waals surface area contributed by atoms with Crippen molar-refractivity contribution < 1.29 is 0 Å². The van der Waals surface area contributed by atoms with Crippen LogP contribution in [0.15, 0.2) is 48.1 Å². The Hall–Kier alpha value is -1.34. The maximum Gasteiger partial charge on any atom is 0.0262 e. The summed E-state index contributed by atoms with van der Waals surface area (Å²) in [4.78, 5) is 0. The highest BCUT2D eigenvalue weighted by molar-refractivity contribution is 5.32. The van der Waals surface area contributed by atoms with Gasteiger partial charge in [0.05, 0.1) is 0 Å². The standard InChI is InChI=1S/C14H17N/c1-11-2-4-12(5-3-11)10-13-6-8-14(15)9-7-13/h2-8,14H,9-10,15H2,1H3. The molecule has 0 heterocycles. The molecule has 1 aliphatic carbocycles. The molecule has 0 saturated carbocycles. The SMILES string of the molecule is Cc1ccc(CC2=CCC(N)C=C2)cc1. The quantitative estimate of drug-likeness (QED) is 0.778. The van der Waals surface area contributed by atoms with Crippen LogP contribution in [0.2, 0.25) is 0 Å². The summed E-state index contributed by atoms with van der Waals surface area (Å²) >= 11 is 0. The molecule has 1 aromatic carbocycles. The molecular weight excluding hydrogens is 182 g/mol. The summed E-state index contributed by atoms with van der Waals surface area (Å²) in [5.74, 6) is 0. The van der Waals surface area contributed by atoms with E-state index in [0.29, 0.717) is 0 Å². The zero-order valence-electron chi connectivity index (χ0n) is 9.11. The van der Waals surface area contributed by atoms with E-state index in [2.05, 4.69) is 49.4 Å². The zero-order valence-corrected chi connectivity index (χ0v) is 9.11. The molecule has 1 atom stereocenters. The highest BCUT2D eigenvalue weighted by Crippen LogP contribution is 2.15. The number of nitrogens with two attached hydrogens (primary N) is 1. The van der Waals surface area contributed by atoms with Crippen molar-refractivity contribution in [3.05, 3.63) is 59.2 Å². The highest BCUT2D eigenvalue weighted by atomic mass is 14.6. The molecule has 0 spiro atoms. The fourth-order valence-electron chi connectivity index (χ4n) is 1.75. The molecule has 1 aliphatic rings. The van der Waals surface area contributed by atoms with Gasteiger partial charge in [0, 0.05) is 6.04 Å². The Balaban J connectivity index is 2.04. The summed E-state index contributed by atoms with van der Waals surface area (Å²) in [6, 6.07) is 8.92. The maximum absolute atomic E-state index is 5.78. The van der Waals surface area contributed by atoms with Gasteiger partial charge in [-0.2, -0.15) is 0 Å². The average Bonchev–Trinajstić information content (AvgIpc) is 2.25. The van der Waals surface area contributed by atoms with Gasteiger partial charge < -0.3 is 5.73 Å². The molecule has 1 heteroatoms. The molecule has 2 N–H and O–H groups in total. The molecule has 1 nitrogen and oxygen atoms in total. The van der Waals surface area contributed by atoms with Crippen molar-refractivity contribution >= 4 is 0 Å². The molecule has 0 aliphatic heterocycles. The van der Waals surface area contributed by atoms with E-state index >= 15 is 0 Å². The Bertz CT molecular complexity index is 384. The van der Waals surface area contributed by atoms with E-state index in [0.717, 1.165) is 12.8 Å². The highest BCUT2D eigenvalue weighted by Gasteiger charge is 2.04. The number of benzene rings is 1. The molecule has 2 rings (SSSR count). The van der Waals surface area contributed by atoms with Gasteiger partial charge in [-0.05, 0) is 30.9 Å². The van der Waals surface area contributed by atoms with E-state index in [1.807, 2.05) is 0 Å². The summed E-state index contributed by atoms with van der Waals surface area (Å²) in [5, 5.41) is 0. The van der Waals surface area contributed by atoms with Gasteiger partial charge in [-0.15, -0.1) is 0 Å². The number of aryl methyl sites for hydroxylation is 1. The normalized spacial score (nSPS) is 20.1. The minimum atomic E-state index is 0.215. The largest absolute Gasteiger partial charge is 0.324 e. The van der Waals surface area contributed by atoms with Gasteiger partial charge in [0.1, 0.15) is 0 Å². The van der Waals surface area contributed by atoms with Crippen LogP contribution >= 0.6 is 0 Å². The van der Waals surface area contributed by atoms with Crippen LogP contribution in [-0.4, -0.2) is 6.04 Å². The van der Waals surface area contributed by atoms with Crippen molar-refractivity contribution in [2.45, 2.75) is 25.8 Å². The van der Waals surface area contributed by atoms with Crippen molar-refractivity contribution in [2.75, 3.05) is 0 Å². The van der Waals surface area contributed by atoms with E-state index < -0.39 is 0 Å². The second-order valence-electron chi connectivity index (χ2n) is 4.20. The molecule has 15 heavy (non-hydrogen) atoms. The smallest absolute Gasteiger partial charge is 0.0262 e. The first-order valence-electron chi connectivity index (χ1n) is 5.42. The number of hydrogen-bond donors (Lipinski definition) is 1. The summed E-state index contributed by atoms with van der Waals surface area (Å²) in [7, 11) is 0. The van der Waals surface area contributed by atoms with Crippen LogP contribution in [-0.2, 0) is 6.42 Å². The van der Waals surface area contributed by atoms with Crippen LogP contribution in [0.4, 0.5) is 0 Å². The van der Waals surface area contributed by atoms with E-state index in [1.54, 1.807) is 0 Å². The topological polar surface area (TPSA) is 26.0 Å². The van der Waals surface area contributed by atoms with Gasteiger partial charge in [-0.25, -0.2) is 0 Å². The van der Waals surface area contributed by atoms with Gasteiger partial charge in [0.25, 0.3) is 0 Å². The van der Waals surface area contributed by atoms with Crippen LogP contribution < -0.4 is 5.73 Å². The minimum Gasteiger partial charge on any atom is -0.324 e. The van der Waals surface area contributed by atoms with E-state index in [-0.39, 0.29) is 6.04 Å². The Morgan fingerprint density at radius 2 is 2.00 bits per heavy atom. The van der Waals surface area contributed by atoms with E-state index in [9.17, 15) is 0 Å². The van der Waals surface area contributed by atoms with Gasteiger partial charge in [0.15, 0.2) is 0 Å². The maximum atomic E-state index is 5.78. The first-order chi connectivity index (χ1) is 7.24. The fraction of sp³-hybridized carbons (Fsp3) is 0.286. The average molecular weight is 199 g/mol. The van der Waals surface area contributed by atoms with E-state index in [1.165, 1.54) is 16.7 Å². The van der Waals surface area contributed by atoms with Gasteiger partial charge in [-0.3, -0.25) is 0 Å². The summed E-state index contributed by atoms with van der Waals surface area (Å²) < 4.78 is 0. The summed E-state index contributed by atoms with van der Waals surface area (Å²) in [6.45, 7) is 2.11. The summed E-state index contributed by atoms with van der Waals surface area (Å²) in [5.41, 5.74) is 9.84. The Kier molecular flexibility index (Phi) is 3.02. The second kappa shape index (κ2) is 4.45. The molecule has 78 valence electrons. The molecule has 0 saturated heterocycles. The first-order valence-corrected chi connectivity index (χ1v) is 5.42. The number of rotatable bonds is 2. The third-order valence-corrected chi connectivity index (χ3v) is 2.74. The molecule has 0 aromatic heterocycles. The Morgan fingerprint density at radius 1 is 1.27 bits per heavy atom. The predicted molar refractivity (Wildman–Crippen MR) is 64.7 cm³/mol. The van der Waals surface area contributed by atoms with Crippen molar-refractivity contribution in [3.63, 3.8) is 0 Å². The van der Waals surface area contributed by atoms with E-state index in [4.69, 9.17) is 5.73 Å². The fourth-order valence-corrected chi connectivity index (χ4v) is 1.75. The lowest BCUT2D eigenvalue weighted by molar-refractivity contribution is 0.813. The molecule has 0 amide bonds. The van der Waals surface area contributed by atoms with Crippen LogP contribution in [0.1, 0.15) is 17.5 Å². The lowest BCUT2D eigenvalue weighted by Gasteiger charge is -2.11. The summed E-state index contributed by atoms with van der Waals surface area (Å²) in [6.07, 6.45) is 8.46. The lowest BCUT2D eigenvalue weighted by Crippen LogP contribution is -2.17. The molecule has 0 bridgehead atoms. The monoisotopic (exact) mass is 199 g/mol. The Morgan fingerprint density at radius 3 is 2.60 bits per heavy atom. The molecule has 0 radical (unpaired) electrons. The first kappa shape index (κ1) is 10.2. The van der Waals surface area contributed by atoms with Crippen LogP contribution in [0.5, 0.6) is 0 Å². The van der Waals surface area contributed by atoms with Crippen molar-refractivity contribution in [1.29, 1.82) is 0 Å². The van der Waals surface area contributed by atoms with Gasteiger partial charge in [-0.1, -0.05) is 48.1 Å². The van der Waals surface area contributed by atoms with Gasteiger partial charge >= 0.3 is 0 Å². The third kappa shape index (κ3) is 2.80. The zero-order chi connectivity index (χ0) is 10.7. The number of hydrogen-bond acceptors (Lipinski definition) is 1. The lowest BCUT2D eigenvalue weighted by atomic mass is 9.97. The molecular formula is C14H17N. The molecule has 1 unspecified atom stereocenters. The van der Waals surface area contributed by atoms with Crippen molar-refractivity contribution in [2.24, 2.45) is 5.73 Å². The molecule has 1 aromatic rings. The van der Waals surface area contributed by atoms with Gasteiger partial charge in [0.2, 0.25) is 0 Å². The second-order valence-corrected chi connectivity index (χ2v) is 4.20. The minimum absolute atomic E-state index is 0.215. The Labute approximate surface area is 91.3 Å².